The molecule has 0 saturated heterocycles. The summed E-state index contributed by atoms with van der Waals surface area (Å²) in [6, 6.07) is 15.8. The molecule has 0 fully saturated rings. The zero-order chi connectivity index (χ0) is 19.8. The van der Waals surface area contributed by atoms with Crippen LogP contribution in [0.2, 0.25) is 0 Å². The summed E-state index contributed by atoms with van der Waals surface area (Å²) in [5.74, 6) is 0.445. The number of nitro benzene ring substituents is 1. The van der Waals surface area contributed by atoms with Crippen molar-refractivity contribution in [1.29, 1.82) is 0 Å². The molecule has 1 aromatic heterocycles. The Morgan fingerprint density at radius 1 is 0.964 bits per heavy atom. The fourth-order valence-corrected chi connectivity index (χ4v) is 3.41. The van der Waals surface area contributed by atoms with E-state index in [9.17, 15) is 14.9 Å². The Labute approximate surface area is 160 Å². The molecule has 6 heteroatoms. The fraction of sp³-hybridized carbons (Fsp3) is 0.0909. The van der Waals surface area contributed by atoms with Gasteiger partial charge in [0.2, 0.25) is 5.89 Å². The maximum absolute atomic E-state index is 11.3. The first kappa shape index (κ1) is 17.6. The monoisotopic (exact) mass is 372 g/mol. The maximum Gasteiger partial charge on any atom is 0.272 e. The summed E-state index contributed by atoms with van der Waals surface area (Å²) in [4.78, 5) is 26.4. The highest BCUT2D eigenvalue weighted by atomic mass is 16.6. The van der Waals surface area contributed by atoms with E-state index in [2.05, 4.69) is 4.98 Å². The summed E-state index contributed by atoms with van der Waals surface area (Å²) in [5.41, 5.74) is 5.83. The molecule has 0 aliphatic rings. The van der Waals surface area contributed by atoms with Gasteiger partial charge in [-0.3, -0.25) is 14.9 Å². The Bertz CT molecular complexity index is 1240. The van der Waals surface area contributed by atoms with E-state index in [1.165, 1.54) is 6.07 Å². The number of benzene rings is 3. The second-order valence-corrected chi connectivity index (χ2v) is 6.55. The zero-order valence-corrected chi connectivity index (χ0v) is 15.3. The van der Waals surface area contributed by atoms with Crippen LogP contribution in [0.4, 0.5) is 5.69 Å². The van der Waals surface area contributed by atoms with Crippen molar-refractivity contribution in [3.63, 3.8) is 0 Å². The number of rotatable bonds is 4. The number of hydrogen-bond donors (Lipinski definition) is 0. The van der Waals surface area contributed by atoms with Gasteiger partial charge in [-0.2, -0.15) is 0 Å². The largest absolute Gasteiger partial charge is 0.436 e. The molecule has 28 heavy (non-hydrogen) atoms. The average molecular weight is 372 g/mol. The number of fused-ring (bicyclic) bond motifs is 1. The van der Waals surface area contributed by atoms with E-state index in [-0.39, 0.29) is 10.6 Å². The van der Waals surface area contributed by atoms with Gasteiger partial charge in [-0.1, -0.05) is 24.3 Å². The number of nitrogens with zero attached hydrogens (tertiary/aromatic N) is 2. The van der Waals surface area contributed by atoms with E-state index in [0.29, 0.717) is 28.1 Å². The lowest BCUT2D eigenvalue weighted by atomic mass is 9.93. The van der Waals surface area contributed by atoms with Gasteiger partial charge in [0.1, 0.15) is 11.8 Å². The van der Waals surface area contributed by atoms with Gasteiger partial charge in [-0.05, 0) is 54.8 Å². The molecule has 0 amide bonds. The highest BCUT2D eigenvalue weighted by molar-refractivity contribution is 5.86. The van der Waals surface area contributed by atoms with Crippen molar-refractivity contribution >= 4 is 23.1 Å². The summed E-state index contributed by atoms with van der Waals surface area (Å²) in [7, 11) is 0. The predicted octanol–water partition coefficient (Wildman–Crippen LogP) is 5.50. The molecule has 0 aliphatic carbocycles. The molecule has 0 N–H and O–H groups in total. The molecule has 0 bridgehead atoms. The first-order chi connectivity index (χ1) is 13.5. The normalized spacial score (nSPS) is 10.9. The molecule has 4 rings (SSSR count). The quantitative estimate of drug-likeness (QED) is 0.268. The molecule has 3 aromatic carbocycles. The minimum Gasteiger partial charge on any atom is -0.436 e. The van der Waals surface area contributed by atoms with Gasteiger partial charge in [0.15, 0.2) is 5.58 Å². The Morgan fingerprint density at radius 3 is 2.36 bits per heavy atom. The molecule has 1 heterocycles. The summed E-state index contributed by atoms with van der Waals surface area (Å²) in [5, 5.41) is 11.3. The van der Waals surface area contributed by atoms with Crippen LogP contribution in [0, 0.1) is 24.0 Å². The van der Waals surface area contributed by atoms with Crippen LogP contribution in [-0.2, 0) is 0 Å². The maximum atomic E-state index is 11.3. The number of carbonyl (C=O) groups is 1. The highest BCUT2D eigenvalue weighted by Gasteiger charge is 2.18. The third-order valence-corrected chi connectivity index (χ3v) is 4.90. The van der Waals surface area contributed by atoms with Crippen molar-refractivity contribution in [2.24, 2.45) is 0 Å². The summed E-state index contributed by atoms with van der Waals surface area (Å²) in [6.45, 7) is 3.69. The fourth-order valence-electron chi connectivity index (χ4n) is 3.41. The number of aromatic nitrogens is 1. The van der Waals surface area contributed by atoms with Crippen molar-refractivity contribution in [2.45, 2.75) is 13.8 Å². The van der Waals surface area contributed by atoms with Crippen LogP contribution in [0.5, 0.6) is 0 Å². The first-order valence-corrected chi connectivity index (χ1v) is 8.69. The minimum absolute atomic E-state index is 0.0885. The standard InChI is InChI=1S/C22H16N2O4/c1-13-16(17-6-4-8-20(14(17)2)24(26)27)5-3-7-18(13)22-23-19-11-15(12-25)9-10-21(19)28-22/h3-12H,1-2H3. The van der Waals surface area contributed by atoms with Crippen LogP contribution >= 0.6 is 0 Å². The van der Waals surface area contributed by atoms with Gasteiger partial charge in [0.05, 0.1) is 4.92 Å². The lowest BCUT2D eigenvalue weighted by Gasteiger charge is -2.12. The first-order valence-electron chi connectivity index (χ1n) is 8.69. The second-order valence-electron chi connectivity index (χ2n) is 6.55. The smallest absolute Gasteiger partial charge is 0.272 e. The Hall–Kier alpha value is -3.80. The van der Waals surface area contributed by atoms with Gasteiger partial charge in [-0.15, -0.1) is 0 Å². The molecule has 138 valence electrons. The Balaban J connectivity index is 1.87. The van der Waals surface area contributed by atoms with Crippen LogP contribution in [0.3, 0.4) is 0 Å². The molecule has 6 nitrogen and oxygen atoms in total. The zero-order valence-electron chi connectivity index (χ0n) is 15.3. The van der Waals surface area contributed by atoms with Crippen LogP contribution < -0.4 is 0 Å². The van der Waals surface area contributed by atoms with E-state index in [4.69, 9.17) is 4.42 Å². The third-order valence-electron chi connectivity index (χ3n) is 4.90. The lowest BCUT2D eigenvalue weighted by molar-refractivity contribution is -0.385. The van der Waals surface area contributed by atoms with E-state index in [1.54, 1.807) is 31.2 Å². The summed E-state index contributed by atoms with van der Waals surface area (Å²) >= 11 is 0. The van der Waals surface area contributed by atoms with E-state index >= 15 is 0 Å². The summed E-state index contributed by atoms with van der Waals surface area (Å²) in [6.07, 6.45) is 0.769. The summed E-state index contributed by atoms with van der Waals surface area (Å²) < 4.78 is 5.88. The van der Waals surface area contributed by atoms with Crippen molar-refractivity contribution in [1.82, 2.24) is 4.98 Å². The van der Waals surface area contributed by atoms with Gasteiger partial charge in [-0.25, -0.2) is 4.98 Å². The van der Waals surface area contributed by atoms with Gasteiger partial charge in [0, 0.05) is 22.8 Å². The van der Waals surface area contributed by atoms with E-state index < -0.39 is 0 Å². The van der Waals surface area contributed by atoms with Crippen LogP contribution in [0.15, 0.2) is 59.0 Å². The SMILES string of the molecule is Cc1c(-c2nc3cc(C=O)ccc3o2)cccc1-c1cccc([N+](=O)[O-])c1C. The van der Waals surface area contributed by atoms with E-state index in [1.807, 2.05) is 31.2 Å². The number of nitro groups is 1. The predicted molar refractivity (Wildman–Crippen MR) is 106 cm³/mol. The second kappa shape index (κ2) is 6.74. The number of hydrogen-bond acceptors (Lipinski definition) is 5. The van der Waals surface area contributed by atoms with Crippen molar-refractivity contribution in [2.75, 3.05) is 0 Å². The van der Waals surface area contributed by atoms with Gasteiger partial charge in [0.25, 0.3) is 5.69 Å². The van der Waals surface area contributed by atoms with E-state index in [0.717, 1.165) is 28.5 Å². The Kier molecular flexibility index (Phi) is 4.24. The van der Waals surface area contributed by atoms with Gasteiger partial charge >= 0.3 is 0 Å². The third kappa shape index (κ3) is 2.85. The van der Waals surface area contributed by atoms with Crippen molar-refractivity contribution in [3.05, 3.63) is 81.4 Å². The molecule has 0 spiro atoms. The molecule has 0 unspecified atom stereocenters. The van der Waals surface area contributed by atoms with Crippen molar-refractivity contribution in [3.8, 4) is 22.6 Å². The molecule has 0 radical (unpaired) electrons. The van der Waals surface area contributed by atoms with Gasteiger partial charge < -0.3 is 4.42 Å². The topological polar surface area (TPSA) is 86.2 Å². The number of carbonyl (C=O) groups excluding carboxylic acids is 1. The average Bonchev–Trinajstić information content (AvgIpc) is 3.11. The lowest BCUT2D eigenvalue weighted by Crippen LogP contribution is -1.95. The molecule has 0 aliphatic heterocycles. The minimum atomic E-state index is -0.372. The molecule has 4 aromatic rings. The number of aldehydes is 1. The van der Waals surface area contributed by atoms with Crippen LogP contribution in [-0.4, -0.2) is 16.2 Å². The molecular formula is C22H16N2O4. The molecule has 0 saturated carbocycles. The number of oxazole rings is 1. The highest BCUT2D eigenvalue weighted by Crippen LogP contribution is 2.36. The molecular weight excluding hydrogens is 356 g/mol. The van der Waals surface area contributed by atoms with Crippen LogP contribution in [0.25, 0.3) is 33.7 Å². The molecule has 0 atom stereocenters. The Morgan fingerprint density at radius 2 is 1.64 bits per heavy atom. The van der Waals surface area contributed by atoms with Crippen molar-refractivity contribution < 1.29 is 14.1 Å². The van der Waals surface area contributed by atoms with Crippen LogP contribution in [0.1, 0.15) is 21.5 Å².